The van der Waals surface area contributed by atoms with Crippen molar-refractivity contribution in [2.24, 2.45) is 22.1 Å². The quantitative estimate of drug-likeness (QED) is 0.133. The predicted octanol–water partition coefficient (Wildman–Crippen LogP) is 1.22. The van der Waals surface area contributed by atoms with Crippen molar-refractivity contribution in [3.05, 3.63) is 0 Å². The number of nitrogens with two attached hydrogens (primary N) is 1. The Hall–Kier alpha value is -0.650. The number of hydrogen-bond donors (Lipinski definition) is 4. The Morgan fingerprint density at radius 1 is 1.08 bits per heavy atom. The first kappa shape index (κ1) is 33.4. The fourth-order valence-corrected chi connectivity index (χ4v) is 4.34. The molecule has 0 aromatic heterocycles. The van der Waals surface area contributed by atoms with E-state index in [1.165, 1.54) is 5.71 Å². The molecular weight excluding hydrogens is 458 g/mol. The minimum absolute atomic E-state index is 0.00982. The lowest BCUT2D eigenvalue weighted by Gasteiger charge is -2.35. The van der Waals surface area contributed by atoms with Gasteiger partial charge in [-0.1, -0.05) is 27.7 Å². The number of nitrogens with one attached hydrogen (secondary N) is 1. The van der Waals surface area contributed by atoms with Crippen molar-refractivity contribution in [3.63, 3.8) is 0 Å². The average Bonchev–Trinajstić information content (AvgIpc) is 2.82. The summed E-state index contributed by atoms with van der Waals surface area (Å²) in [5.41, 5.74) is 6.68. The van der Waals surface area contributed by atoms with E-state index in [1.807, 2.05) is 0 Å². The molecule has 0 spiro atoms. The summed E-state index contributed by atoms with van der Waals surface area (Å²) in [7, 11) is 0. The van der Waals surface area contributed by atoms with Gasteiger partial charge in [0.05, 0.1) is 38.6 Å². The molecule has 36 heavy (non-hydrogen) atoms. The highest BCUT2D eigenvalue weighted by Gasteiger charge is 2.24. The molecule has 1 saturated heterocycles. The maximum absolute atomic E-state index is 10.5. The highest BCUT2D eigenvalue weighted by Crippen LogP contribution is 2.26. The first-order valence-electron chi connectivity index (χ1n) is 14.0. The number of piperazine rings is 1. The topological polar surface area (TPSA) is 116 Å². The Labute approximate surface area is 220 Å². The number of aliphatic hydroxyl groups excluding tert-OH is 2. The maximum atomic E-state index is 10.5. The van der Waals surface area contributed by atoms with Gasteiger partial charge in [-0.2, -0.15) is 0 Å². The van der Waals surface area contributed by atoms with Gasteiger partial charge >= 0.3 is 0 Å². The van der Waals surface area contributed by atoms with Gasteiger partial charge in [0.15, 0.2) is 0 Å². The summed E-state index contributed by atoms with van der Waals surface area (Å²) < 4.78 is 11.6. The largest absolute Gasteiger partial charge is 0.389 e. The van der Waals surface area contributed by atoms with Crippen LogP contribution in [0.4, 0.5) is 0 Å². The third-order valence-electron chi connectivity index (χ3n) is 6.91. The van der Waals surface area contributed by atoms with E-state index >= 15 is 0 Å². The predicted molar refractivity (Wildman–Crippen MR) is 149 cm³/mol. The molecule has 0 amide bonds. The maximum Gasteiger partial charge on any atom is 0.0900 e. The summed E-state index contributed by atoms with van der Waals surface area (Å²) in [5.74, 6) is 0.664. The van der Waals surface area contributed by atoms with Crippen molar-refractivity contribution in [1.29, 1.82) is 0 Å². The summed E-state index contributed by atoms with van der Waals surface area (Å²) in [6, 6.07) is 0. The lowest BCUT2D eigenvalue weighted by Crippen LogP contribution is -2.49. The van der Waals surface area contributed by atoms with E-state index in [9.17, 15) is 10.2 Å². The molecule has 0 radical (unpaired) electrons. The lowest BCUT2D eigenvalue weighted by atomic mass is 9.85. The third-order valence-corrected chi connectivity index (χ3v) is 6.91. The van der Waals surface area contributed by atoms with Crippen LogP contribution in [0, 0.1) is 11.3 Å². The number of ether oxygens (including phenoxy) is 2. The Morgan fingerprint density at radius 3 is 2.39 bits per heavy atom. The van der Waals surface area contributed by atoms with E-state index in [1.54, 1.807) is 0 Å². The number of aliphatic imine (C=N–C) groups is 1. The second-order valence-electron chi connectivity index (χ2n) is 11.2. The molecule has 1 heterocycles. The number of rotatable bonds is 21. The van der Waals surface area contributed by atoms with E-state index in [0.29, 0.717) is 58.5 Å². The number of nitrogens with zero attached hydrogens (tertiary/aromatic N) is 3. The van der Waals surface area contributed by atoms with Gasteiger partial charge in [-0.25, -0.2) is 0 Å². The van der Waals surface area contributed by atoms with Gasteiger partial charge in [-0.3, -0.25) is 14.8 Å². The number of β-amino-alcohol motifs (C(OH)–C–C–N with tert-alkyl or cyclic N) is 1. The standard InChI is InChI=1S/C27H57N5O4/c1-6-27(5,7-16-35-20-25(33)18-29-9-8-28)22-36-21-26(34)19-32-14-12-31(13-15-32)11-10-30-24(4)17-23(2)3/h23,25-26,29,33-34H,6-22,28H2,1-5H3/b30-24+/t25?,26?,27-/m1/s1. The van der Waals surface area contributed by atoms with Crippen LogP contribution in [0.5, 0.6) is 0 Å². The van der Waals surface area contributed by atoms with Crippen molar-refractivity contribution in [1.82, 2.24) is 15.1 Å². The lowest BCUT2D eigenvalue weighted by molar-refractivity contribution is -0.0329. The second-order valence-corrected chi connectivity index (χ2v) is 11.2. The smallest absolute Gasteiger partial charge is 0.0900 e. The van der Waals surface area contributed by atoms with Crippen LogP contribution >= 0.6 is 0 Å². The summed E-state index contributed by atoms with van der Waals surface area (Å²) in [6.07, 6.45) is 1.90. The monoisotopic (exact) mass is 515 g/mol. The van der Waals surface area contributed by atoms with Crippen molar-refractivity contribution >= 4 is 5.71 Å². The van der Waals surface area contributed by atoms with Crippen molar-refractivity contribution in [3.8, 4) is 0 Å². The van der Waals surface area contributed by atoms with Crippen LogP contribution < -0.4 is 11.1 Å². The molecule has 214 valence electrons. The molecule has 0 bridgehead atoms. The van der Waals surface area contributed by atoms with Crippen LogP contribution in [0.3, 0.4) is 0 Å². The Morgan fingerprint density at radius 2 is 1.75 bits per heavy atom. The number of aliphatic hydroxyl groups is 2. The van der Waals surface area contributed by atoms with Crippen LogP contribution in [-0.4, -0.2) is 130 Å². The Kier molecular flexibility index (Phi) is 18.0. The van der Waals surface area contributed by atoms with Gasteiger partial charge in [-0.15, -0.1) is 0 Å². The third kappa shape index (κ3) is 16.2. The van der Waals surface area contributed by atoms with Gasteiger partial charge < -0.3 is 30.7 Å². The minimum atomic E-state index is -0.523. The van der Waals surface area contributed by atoms with Gasteiger partial charge in [-0.05, 0) is 37.5 Å². The van der Waals surface area contributed by atoms with Crippen LogP contribution in [0.25, 0.3) is 0 Å². The highest BCUT2D eigenvalue weighted by atomic mass is 16.5. The molecular formula is C27H57N5O4. The minimum Gasteiger partial charge on any atom is -0.389 e. The molecule has 1 aliphatic rings. The highest BCUT2D eigenvalue weighted by molar-refractivity contribution is 5.82. The molecule has 3 atom stereocenters. The molecule has 0 aromatic carbocycles. The van der Waals surface area contributed by atoms with Gasteiger partial charge in [0, 0.05) is 71.2 Å². The molecule has 0 aromatic rings. The molecule has 0 saturated carbocycles. The molecule has 1 fully saturated rings. The van der Waals surface area contributed by atoms with Crippen molar-refractivity contribution < 1.29 is 19.7 Å². The molecule has 1 aliphatic heterocycles. The summed E-state index contributed by atoms with van der Waals surface area (Å²) in [4.78, 5) is 9.51. The molecule has 1 rings (SSSR count). The molecule has 9 heteroatoms. The Bertz CT molecular complexity index is 572. The van der Waals surface area contributed by atoms with Crippen molar-refractivity contribution in [2.45, 2.75) is 66.1 Å². The van der Waals surface area contributed by atoms with E-state index in [4.69, 9.17) is 20.2 Å². The number of hydrogen-bond acceptors (Lipinski definition) is 9. The SMILES string of the molecule is CC[C@](C)(CCOCC(O)CNCCN)COCC(O)CN1CCN(CC/N=C(\C)CC(C)C)CC1. The van der Waals surface area contributed by atoms with Gasteiger partial charge in [0.1, 0.15) is 0 Å². The van der Waals surface area contributed by atoms with Crippen LogP contribution in [0.15, 0.2) is 4.99 Å². The zero-order valence-corrected chi connectivity index (χ0v) is 23.9. The molecule has 0 aliphatic carbocycles. The Balaban J connectivity index is 2.17. The summed E-state index contributed by atoms with van der Waals surface area (Å²) >= 11 is 0. The van der Waals surface area contributed by atoms with Crippen LogP contribution in [0.1, 0.15) is 53.9 Å². The summed E-state index contributed by atoms with van der Waals surface area (Å²) in [6.45, 7) is 21.1. The average molecular weight is 516 g/mol. The second kappa shape index (κ2) is 19.4. The zero-order chi connectivity index (χ0) is 26.8. The zero-order valence-electron chi connectivity index (χ0n) is 23.9. The first-order valence-corrected chi connectivity index (χ1v) is 14.0. The van der Waals surface area contributed by atoms with E-state index < -0.39 is 12.2 Å². The molecule has 5 N–H and O–H groups in total. The fraction of sp³-hybridized carbons (Fsp3) is 0.963. The van der Waals surface area contributed by atoms with E-state index in [-0.39, 0.29) is 5.41 Å². The van der Waals surface area contributed by atoms with E-state index in [2.05, 4.69) is 49.7 Å². The summed E-state index contributed by atoms with van der Waals surface area (Å²) in [5, 5.41) is 23.5. The fourth-order valence-electron chi connectivity index (χ4n) is 4.34. The van der Waals surface area contributed by atoms with E-state index in [0.717, 1.165) is 58.5 Å². The van der Waals surface area contributed by atoms with Gasteiger partial charge in [0.2, 0.25) is 0 Å². The van der Waals surface area contributed by atoms with Crippen molar-refractivity contribution in [2.75, 3.05) is 91.9 Å². The molecule has 2 unspecified atom stereocenters. The van der Waals surface area contributed by atoms with Crippen LogP contribution in [0.2, 0.25) is 0 Å². The van der Waals surface area contributed by atoms with Gasteiger partial charge in [0.25, 0.3) is 0 Å². The molecule has 9 nitrogen and oxygen atoms in total. The normalized spacial score (nSPS) is 19.5. The first-order chi connectivity index (χ1) is 17.2. The van der Waals surface area contributed by atoms with Crippen LogP contribution in [-0.2, 0) is 9.47 Å².